The predicted octanol–water partition coefficient (Wildman–Crippen LogP) is 4.08. The third-order valence-electron chi connectivity index (χ3n) is 5.49. The second-order valence-corrected chi connectivity index (χ2v) is 8.39. The number of hydrogen-bond donors (Lipinski definition) is 0. The van der Waals surface area contributed by atoms with E-state index >= 15 is 0 Å². The summed E-state index contributed by atoms with van der Waals surface area (Å²) in [6, 6.07) is 19.2. The average molecular weight is 367 g/mol. The molecule has 1 saturated heterocycles. The lowest BCUT2D eigenvalue weighted by atomic mass is 9.90. The fourth-order valence-corrected chi connectivity index (χ4v) is 5.04. The lowest BCUT2D eigenvalue weighted by Gasteiger charge is -2.35. The molecule has 4 rings (SSSR count). The monoisotopic (exact) mass is 366 g/mol. The quantitative estimate of drug-likeness (QED) is 0.815. The minimum absolute atomic E-state index is 0.282. The third-order valence-corrected chi connectivity index (χ3v) is 6.53. The van der Waals surface area contributed by atoms with Crippen molar-refractivity contribution >= 4 is 23.4 Å². The van der Waals surface area contributed by atoms with E-state index in [1.807, 2.05) is 11.8 Å². The molecular weight excluding hydrogens is 340 g/mol. The van der Waals surface area contributed by atoms with E-state index in [0.717, 1.165) is 44.6 Å². The number of amides is 1. The number of thioether (sulfide) groups is 1. The Morgan fingerprint density at radius 1 is 0.962 bits per heavy atom. The van der Waals surface area contributed by atoms with E-state index < -0.39 is 0 Å². The van der Waals surface area contributed by atoms with Crippen molar-refractivity contribution in [3.05, 3.63) is 60.2 Å². The van der Waals surface area contributed by atoms with Gasteiger partial charge in [0.2, 0.25) is 5.91 Å². The Balaban J connectivity index is 1.30. The summed E-state index contributed by atoms with van der Waals surface area (Å²) in [5.74, 6) is 2.04. The first kappa shape index (κ1) is 17.5. The van der Waals surface area contributed by atoms with Crippen molar-refractivity contribution in [2.45, 2.75) is 24.2 Å². The number of para-hydroxylation sites is 1. The van der Waals surface area contributed by atoms with E-state index in [4.69, 9.17) is 0 Å². The lowest BCUT2D eigenvalue weighted by molar-refractivity contribution is -0.131. The molecule has 26 heavy (non-hydrogen) atoms. The van der Waals surface area contributed by atoms with Gasteiger partial charge in [0, 0.05) is 30.3 Å². The molecule has 3 nitrogen and oxygen atoms in total. The van der Waals surface area contributed by atoms with E-state index in [0.29, 0.717) is 12.5 Å². The fourth-order valence-electron chi connectivity index (χ4n) is 3.99. The maximum atomic E-state index is 12.8. The summed E-state index contributed by atoms with van der Waals surface area (Å²) in [7, 11) is 0. The van der Waals surface area contributed by atoms with Gasteiger partial charge in [-0.25, -0.2) is 0 Å². The van der Waals surface area contributed by atoms with Crippen molar-refractivity contribution in [3.8, 4) is 0 Å². The number of carbonyl (C=O) groups is 1. The number of piperidine rings is 1. The Hall–Kier alpha value is -1.94. The van der Waals surface area contributed by atoms with Gasteiger partial charge in [-0.1, -0.05) is 42.5 Å². The molecule has 0 radical (unpaired) electrons. The molecule has 4 heteroatoms. The SMILES string of the molecule is O=C(CN1CCSc2ccccc21)N1CCC(Cc2ccccc2)CC1. The Kier molecular flexibility index (Phi) is 5.49. The second-order valence-electron chi connectivity index (χ2n) is 7.25. The zero-order valence-electron chi connectivity index (χ0n) is 15.1. The van der Waals surface area contributed by atoms with Gasteiger partial charge in [0.15, 0.2) is 0 Å². The average Bonchev–Trinajstić information content (AvgIpc) is 2.70. The first-order chi connectivity index (χ1) is 12.8. The van der Waals surface area contributed by atoms with Crippen LogP contribution in [0.2, 0.25) is 0 Å². The molecule has 0 unspecified atom stereocenters. The summed E-state index contributed by atoms with van der Waals surface area (Å²) in [5, 5.41) is 0. The minimum Gasteiger partial charge on any atom is -0.360 e. The van der Waals surface area contributed by atoms with E-state index in [-0.39, 0.29) is 5.91 Å². The van der Waals surface area contributed by atoms with Crippen molar-refractivity contribution in [3.63, 3.8) is 0 Å². The molecule has 0 N–H and O–H groups in total. The highest BCUT2D eigenvalue weighted by Crippen LogP contribution is 2.34. The van der Waals surface area contributed by atoms with Crippen LogP contribution in [0.4, 0.5) is 5.69 Å². The fraction of sp³-hybridized carbons (Fsp3) is 0.409. The number of anilines is 1. The molecule has 0 bridgehead atoms. The first-order valence-corrected chi connectivity index (χ1v) is 10.6. The van der Waals surface area contributed by atoms with Gasteiger partial charge in [-0.3, -0.25) is 4.79 Å². The maximum Gasteiger partial charge on any atom is 0.242 e. The van der Waals surface area contributed by atoms with Crippen LogP contribution in [0.3, 0.4) is 0 Å². The van der Waals surface area contributed by atoms with Crippen LogP contribution in [0.5, 0.6) is 0 Å². The normalized spacial score (nSPS) is 17.8. The molecule has 0 atom stereocenters. The number of benzene rings is 2. The first-order valence-electron chi connectivity index (χ1n) is 9.58. The second kappa shape index (κ2) is 8.17. The van der Waals surface area contributed by atoms with E-state index in [2.05, 4.69) is 64.4 Å². The highest BCUT2D eigenvalue weighted by molar-refractivity contribution is 7.99. The topological polar surface area (TPSA) is 23.6 Å². The number of nitrogens with zero attached hydrogens (tertiary/aromatic N) is 2. The van der Waals surface area contributed by atoms with Crippen LogP contribution in [0.1, 0.15) is 18.4 Å². The van der Waals surface area contributed by atoms with Crippen LogP contribution in [-0.4, -0.2) is 42.7 Å². The van der Waals surface area contributed by atoms with Crippen LogP contribution < -0.4 is 4.90 Å². The van der Waals surface area contributed by atoms with Crippen LogP contribution in [0.15, 0.2) is 59.5 Å². The van der Waals surface area contributed by atoms with Crippen molar-refractivity contribution in [1.82, 2.24) is 4.90 Å². The predicted molar refractivity (Wildman–Crippen MR) is 109 cm³/mol. The molecule has 0 aromatic heterocycles. The highest BCUT2D eigenvalue weighted by Gasteiger charge is 2.26. The smallest absolute Gasteiger partial charge is 0.242 e. The number of fused-ring (bicyclic) bond motifs is 1. The summed E-state index contributed by atoms with van der Waals surface area (Å²) in [6.45, 7) is 3.28. The van der Waals surface area contributed by atoms with Gasteiger partial charge >= 0.3 is 0 Å². The van der Waals surface area contributed by atoms with E-state index in [9.17, 15) is 4.79 Å². The van der Waals surface area contributed by atoms with Gasteiger partial charge in [-0.2, -0.15) is 0 Å². The van der Waals surface area contributed by atoms with Gasteiger partial charge in [0.05, 0.1) is 12.2 Å². The van der Waals surface area contributed by atoms with Crippen molar-refractivity contribution < 1.29 is 4.79 Å². The Labute approximate surface area is 160 Å². The Morgan fingerprint density at radius 2 is 1.69 bits per heavy atom. The summed E-state index contributed by atoms with van der Waals surface area (Å²) >= 11 is 1.89. The molecule has 1 amide bonds. The molecule has 136 valence electrons. The van der Waals surface area contributed by atoms with Gasteiger partial charge in [0.1, 0.15) is 0 Å². The van der Waals surface area contributed by atoms with Gasteiger partial charge in [-0.15, -0.1) is 11.8 Å². The van der Waals surface area contributed by atoms with Gasteiger partial charge in [-0.05, 0) is 42.9 Å². The highest BCUT2D eigenvalue weighted by atomic mass is 32.2. The maximum absolute atomic E-state index is 12.8. The molecule has 2 aromatic carbocycles. The van der Waals surface area contributed by atoms with E-state index in [1.165, 1.54) is 16.1 Å². The summed E-state index contributed by atoms with van der Waals surface area (Å²) < 4.78 is 0. The zero-order valence-corrected chi connectivity index (χ0v) is 16.0. The minimum atomic E-state index is 0.282. The van der Waals surface area contributed by atoms with Crippen LogP contribution in [-0.2, 0) is 11.2 Å². The molecule has 0 aliphatic carbocycles. The number of likely N-dealkylation sites (tertiary alicyclic amines) is 1. The lowest BCUT2D eigenvalue weighted by Crippen LogP contribution is -2.45. The molecule has 2 aliphatic heterocycles. The Bertz CT molecular complexity index is 741. The van der Waals surface area contributed by atoms with Crippen molar-refractivity contribution in [2.75, 3.05) is 36.8 Å². The summed E-state index contributed by atoms with van der Waals surface area (Å²) in [4.78, 5) is 18.4. The van der Waals surface area contributed by atoms with Crippen LogP contribution in [0, 0.1) is 5.92 Å². The molecule has 0 spiro atoms. The molecular formula is C22H26N2OS. The van der Waals surface area contributed by atoms with Crippen molar-refractivity contribution in [2.24, 2.45) is 5.92 Å². The molecule has 0 saturated carbocycles. The molecule has 2 aromatic rings. The Morgan fingerprint density at radius 3 is 2.50 bits per heavy atom. The molecule has 1 fully saturated rings. The summed E-state index contributed by atoms with van der Waals surface area (Å²) in [5.41, 5.74) is 2.63. The largest absolute Gasteiger partial charge is 0.360 e. The number of carbonyl (C=O) groups excluding carboxylic acids is 1. The van der Waals surface area contributed by atoms with Crippen LogP contribution in [0.25, 0.3) is 0 Å². The number of hydrogen-bond acceptors (Lipinski definition) is 3. The standard InChI is InChI=1S/C22H26N2OS/c25-22(17-24-14-15-26-21-9-5-4-8-20(21)24)23-12-10-19(11-13-23)16-18-6-2-1-3-7-18/h1-9,19H,10-17H2. The molecule has 2 aliphatic rings. The van der Waals surface area contributed by atoms with Gasteiger partial charge < -0.3 is 9.80 Å². The van der Waals surface area contributed by atoms with Gasteiger partial charge in [0.25, 0.3) is 0 Å². The molecule has 2 heterocycles. The van der Waals surface area contributed by atoms with E-state index in [1.54, 1.807) is 0 Å². The zero-order chi connectivity index (χ0) is 17.8. The van der Waals surface area contributed by atoms with Crippen LogP contribution >= 0.6 is 11.8 Å². The third kappa shape index (κ3) is 4.07. The summed E-state index contributed by atoms with van der Waals surface area (Å²) in [6.07, 6.45) is 3.37. The number of rotatable bonds is 4. The van der Waals surface area contributed by atoms with Crippen molar-refractivity contribution in [1.29, 1.82) is 0 Å².